The van der Waals surface area contributed by atoms with Gasteiger partial charge in [-0.3, -0.25) is 4.79 Å². The number of amides is 1. The van der Waals surface area contributed by atoms with Crippen molar-refractivity contribution < 1.29 is 9.90 Å². The lowest BCUT2D eigenvalue weighted by atomic mass is 10.2. The first-order valence-electron chi connectivity index (χ1n) is 8.09. The number of H-pyrrole nitrogens is 1. The molecule has 0 saturated carbocycles. The van der Waals surface area contributed by atoms with Crippen molar-refractivity contribution in [3.8, 4) is 0 Å². The molecule has 0 spiro atoms. The summed E-state index contributed by atoms with van der Waals surface area (Å²) in [4.78, 5) is 25.6. The molecular weight excluding hydrogens is 348 g/mol. The van der Waals surface area contributed by atoms with Crippen LogP contribution < -0.4 is 4.80 Å². The maximum absolute atomic E-state index is 12.8. The predicted octanol–water partition coefficient (Wildman–Crippen LogP) is 2.71. The molecule has 6 nitrogen and oxygen atoms in total. The molecule has 1 amide bonds. The molecule has 4 rings (SSSR count). The molecule has 0 fully saturated rings. The molecule has 1 aromatic carbocycles. The van der Waals surface area contributed by atoms with Crippen molar-refractivity contribution >= 4 is 28.3 Å². The number of hydrogen-bond donors (Lipinski definition) is 2. The molecule has 2 N–H and O–H groups in total. The molecule has 3 heterocycles. The second-order valence-electron chi connectivity index (χ2n) is 5.77. The molecular formula is C19H16N4O2S. The Morgan fingerprint density at radius 1 is 1.23 bits per heavy atom. The highest BCUT2D eigenvalue weighted by Gasteiger charge is 2.12. The third kappa shape index (κ3) is 3.22. The molecule has 26 heavy (non-hydrogen) atoms. The van der Waals surface area contributed by atoms with Gasteiger partial charge in [-0.1, -0.05) is 41.7 Å². The lowest BCUT2D eigenvalue weighted by Gasteiger charge is -2.03. The summed E-state index contributed by atoms with van der Waals surface area (Å²) in [6.45, 7) is 0.500. The molecule has 0 aliphatic rings. The third-order valence-electron chi connectivity index (χ3n) is 4.01. The Morgan fingerprint density at radius 2 is 2.08 bits per heavy atom. The molecule has 0 unspecified atom stereocenters. The second-order valence-corrected chi connectivity index (χ2v) is 6.86. The molecule has 7 heteroatoms. The van der Waals surface area contributed by atoms with Crippen LogP contribution in [0.4, 0.5) is 0 Å². The Balaban J connectivity index is 1.75. The van der Waals surface area contributed by atoms with Gasteiger partial charge < -0.3 is 14.7 Å². The van der Waals surface area contributed by atoms with Crippen LogP contribution in [0.1, 0.15) is 20.8 Å². The number of benzene rings is 1. The first kappa shape index (κ1) is 16.4. The van der Waals surface area contributed by atoms with Crippen molar-refractivity contribution in [2.45, 2.75) is 13.2 Å². The second kappa shape index (κ2) is 7.07. The molecule has 3 aromatic heterocycles. The van der Waals surface area contributed by atoms with E-state index >= 15 is 0 Å². The van der Waals surface area contributed by atoms with Crippen LogP contribution in [-0.4, -0.2) is 25.5 Å². The molecule has 4 aromatic rings. The Bertz CT molecular complexity index is 1130. The molecule has 0 radical (unpaired) electrons. The summed E-state index contributed by atoms with van der Waals surface area (Å²) in [5.74, 6) is -0.329. The lowest BCUT2D eigenvalue weighted by Crippen LogP contribution is -2.17. The van der Waals surface area contributed by atoms with Crippen molar-refractivity contribution in [3.63, 3.8) is 0 Å². The van der Waals surface area contributed by atoms with E-state index in [1.54, 1.807) is 18.5 Å². The highest BCUT2D eigenvalue weighted by Crippen LogP contribution is 2.16. The molecule has 130 valence electrons. The number of aromatic amines is 1. The van der Waals surface area contributed by atoms with Gasteiger partial charge in [0.15, 0.2) is 4.80 Å². The number of carbonyl (C=O) groups excluding carboxylic acids is 1. The van der Waals surface area contributed by atoms with Gasteiger partial charge in [0, 0.05) is 35.4 Å². The third-order valence-corrected chi connectivity index (χ3v) is 5.01. The highest BCUT2D eigenvalue weighted by atomic mass is 32.1. The number of nitrogens with one attached hydrogen (secondary N) is 1. The summed E-state index contributed by atoms with van der Waals surface area (Å²) in [7, 11) is 0. The number of aliphatic hydroxyl groups is 1. The summed E-state index contributed by atoms with van der Waals surface area (Å²) >= 11 is 1.31. The van der Waals surface area contributed by atoms with E-state index in [-0.39, 0.29) is 12.5 Å². The van der Waals surface area contributed by atoms with Crippen LogP contribution in [-0.2, 0) is 13.2 Å². The first-order chi connectivity index (χ1) is 12.7. The van der Waals surface area contributed by atoms with E-state index in [2.05, 4.69) is 15.0 Å². The van der Waals surface area contributed by atoms with Gasteiger partial charge in [0.25, 0.3) is 5.91 Å². The summed E-state index contributed by atoms with van der Waals surface area (Å²) in [6, 6.07) is 13.4. The van der Waals surface area contributed by atoms with Crippen LogP contribution in [0.3, 0.4) is 0 Å². The van der Waals surface area contributed by atoms with E-state index in [0.29, 0.717) is 22.6 Å². The van der Waals surface area contributed by atoms with E-state index < -0.39 is 0 Å². The zero-order valence-electron chi connectivity index (χ0n) is 13.8. The van der Waals surface area contributed by atoms with E-state index in [9.17, 15) is 9.90 Å². The van der Waals surface area contributed by atoms with Gasteiger partial charge in [-0.2, -0.15) is 4.99 Å². The number of hydrogen-bond acceptors (Lipinski definition) is 4. The summed E-state index contributed by atoms with van der Waals surface area (Å²) in [5, 5.41) is 10.2. The molecule has 0 saturated heterocycles. The van der Waals surface area contributed by atoms with Crippen molar-refractivity contribution in [1.29, 1.82) is 0 Å². The first-order valence-corrected chi connectivity index (χ1v) is 8.91. The minimum Gasteiger partial charge on any atom is -0.391 e. The number of thiazole rings is 1. The van der Waals surface area contributed by atoms with Crippen LogP contribution in [0.25, 0.3) is 11.0 Å². The Kier molecular flexibility index (Phi) is 4.47. The van der Waals surface area contributed by atoms with Gasteiger partial charge in [0.2, 0.25) is 0 Å². The van der Waals surface area contributed by atoms with Crippen molar-refractivity contribution in [1.82, 2.24) is 14.5 Å². The average molecular weight is 364 g/mol. The fraction of sp³-hybridized carbons (Fsp3) is 0.105. The molecule has 0 aliphatic heterocycles. The topological polar surface area (TPSA) is 83.3 Å². The maximum Gasteiger partial charge on any atom is 0.280 e. The zero-order valence-corrected chi connectivity index (χ0v) is 14.6. The number of aliphatic hydroxyl groups excluding tert-OH is 1. The van der Waals surface area contributed by atoms with Gasteiger partial charge in [-0.25, -0.2) is 4.98 Å². The Morgan fingerprint density at radius 3 is 2.88 bits per heavy atom. The van der Waals surface area contributed by atoms with Gasteiger partial charge >= 0.3 is 0 Å². The number of fused-ring (bicyclic) bond motifs is 1. The average Bonchev–Trinajstić information content (AvgIpc) is 3.29. The zero-order chi connectivity index (χ0) is 17.9. The number of rotatable bonds is 4. The quantitative estimate of drug-likeness (QED) is 0.584. The van der Waals surface area contributed by atoms with Gasteiger partial charge in [0.05, 0.1) is 12.2 Å². The minimum atomic E-state index is -0.329. The van der Waals surface area contributed by atoms with E-state index in [4.69, 9.17) is 0 Å². The van der Waals surface area contributed by atoms with E-state index in [0.717, 1.165) is 15.8 Å². The standard InChI is InChI=1S/C19H16N4O2S/c24-12-14-11-23(10-13-4-2-1-3-5-13)19(26-14)22-18(25)16-7-9-21-17-15(16)6-8-20-17/h1-9,11,24H,10,12H2,(H,20,21)/b22-19-. The Hall–Kier alpha value is -3.03. The van der Waals surface area contributed by atoms with Crippen LogP contribution >= 0.6 is 11.3 Å². The van der Waals surface area contributed by atoms with Crippen LogP contribution in [0.5, 0.6) is 0 Å². The fourth-order valence-corrected chi connectivity index (χ4v) is 3.62. The smallest absolute Gasteiger partial charge is 0.280 e. The predicted molar refractivity (Wildman–Crippen MR) is 99.8 cm³/mol. The van der Waals surface area contributed by atoms with Crippen molar-refractivity contribution in [2.24, 2.45) is 4.99 Å². The summed E-state index contributed by atoms with van der Waals surface area (Å²) in [6.07, 6.45) is 5.18. The van der Waals surface area contributed by atoms with Crippen LogP contribution in [0.2, 0.25) is 0 Å². The van der Waals surface area contributed by atoms with Crippen molar-refractivity contribution in [3.05, 3.63) is 81.9 Å². The number of pyridine rings is 1. The maximum atomic E-state index is 12.8. The number of aromatic nitrogens is 3. The van der Waals surface area contributed by atoms with Crippen molar-refractivity contribution in [2.75, 3.05) is 0 Å². The van der Waals surface area contributed by atoms with Gasteiger partial charge in [-0.15, -0.1) is 0 Å². The van der Waals surface area contributed by atoms with E-state index in [1.165, 1.54) is 11.3 Å². The highest BCUT2D eigenvalue weighted by molar-refractivity contribution is 7.09. The minimum absolute atomic E-state index is 0.0829. The number of nitrogens with zero attached hydrogens (tertiary/aromatic N) is 3. The summed E-state index contributed by atoms with van der Waals surface area (Å²) in [5.41, 5.74) is 2.26. The van der Waals surface area contributed by atoms with Crippen LogP contribution in [0.15, 0.2) is 66.0 Å². The lowest BCUT2D eigenvalue weighted by molar-refractivity contribution is 0.0999. The van der Waals surface area contributed by atoms with Gasteiger partial charge in [0.1, 0.15) is 5.65 Å². The molecule has 0 bridgehead atoms. The summed E-state index contributed by atoms with van der Waals surface area (Å²) < 4.78 is 1.89. The molecule has 0 atom stereocenters. The van der Waals surface area contributed by atoms with E-state index in [1.807, 2.05) is 47.2 Å². The monoisotopic (exact) mass is 364 g/mol. The molecule has 0 aliphatic carbocycles. The normalized spacial score (nSPS) is 12.0. The Labute approximate surface area is 153 Å². The van der Waals surface area contributed by atoms with Gasteiger partial charge in [-0.05, 0) is 17.7 Å². The fourth-order valence-electron chi connectivity index (χ4n) is 2.78. The SMILES string of the molecule is O=C(/N=c1\sc(CO)cn1Cc1ccccc1)c1ccnc2[nH]ccc12. The largest absolute Gasteiger partial charge is 0.391 e. The number of carbonyl (C=O) groups is 1. The van der Waals surface area contributed by atoms with Crippen LogP contribution in [0, 0.1) is 0 Å².